The van der Waals surface area contributed by atoms with Gasteiger partial charge in [0.15, 0.2) is 0 Å². The Kier molecular flexibility index (Phi) is 3.38. The summed E-state index contributed by atoms with van der Waals surface area (Å²) in [5, 5.41) is 0. The molecule has 0 aromatic rings. The number of rotatable bonds is 4. The van der Waals surface area contributed by atoms with Crippen molar-refractivity contribution in [3.05, 3.63) is 0 Å². The van der Waals surface area contributed by atoms with Crippen molar-refractivity contribution in [1.29, 1.82) is 0 Å². The van der Waals surface area contributed by atoms with Crippen LogP contribution >= 0.6 is 0 Å². The molecule has 0 spiro atoms. The first-order chi connectivity index (χ1) is 6.86. The molecule has 0 amide bonds. The van der Waals surface area contributed by atoms with Gasteiger partial charge in [-0.25, -0.2) is 0 Å². The third-order valence-corrected chi connectivity index (χ3v) is 2.72. The van der Waals surface area contributed by atoms with Crippen molar-refractivity contribution < 1.29 is 18.9 Å². The van der Waals surface area contributed by atoms with Gasteiger partial charge in [-0.05, 0) is 13.8 Å². The Morgan fingerprint density at radius 3 is 1.71 bits per heavy atom. The van der Waals surface area contributed by atoms with E-state index in [2.05, 4.69) is 0 Å². The summed E-state index contributed by atoms with van der Waals surface area (Å²) >= 11 is 0. The van der Waals surface area contributed by atoms with Crippen LogP contribution in [0.15, 0.2) is 0 Å². The number of hydrogen-bond acceptors (Lipinski definition) is 4. The highest BCUT2D eigenvalue weighted by atomic mass is 16.6. The third kappa shape index (κ3) is 1.80. The van der Waals surface area contributed by atoms with E-state index in [1.54, 1.807) is 0 Å². The summed E-state index contributed by atoms with van der Waals surface area (Å²) in [6.07, 6.45) is 0.337. The van der Waals surface area contributed by atoms with E-state index in [-0.39, 0.29) is 24.4 Å². The second-order valence-corrected chi connectivity index (χ2v) is 3.58. The van der Waals surface area contributed by atoms with Crippen LogP contribution in [0.3, 0.4) is 0 Å². The third-order valence-electron chi connectivity index (χ3n) is 2.72. The van der Waals surface area contributed by atoms with Gasteiger partial charge in [-0.2, -0.15) is 0 Å². The van der Waals surface area contributed by atoms with Gasteiger partial charge in [0, 0.05) is 13.2 Å². The van der Waals surface area contributed by atoms with Gasteiger partial charge in [0.05, 0.1) is 13.2 Å². The molecule has 0 radical (unpaired) electrons. The zero-order chi connectivity index (χ0) is 9.97. The Morgan fingerprint density at radius 1 is 0.929 bits per heavy atom. The lowest BCUT2D eigenvalue weighted by Crippen LogP contribution is -2.34. The van der Waals surface area contributed by atoms with Crippen LogP contribution in [0.25, 0.3) is 0 Å². The lowest BCUT2D eigenvalue weighted by Gasteiger charge is -2.16. The molecule has 0 aliphatic carbocycles. The Bertz CT molecular complexity index is 165. The highest BCUT2D eigenvalue weighted by molar-refractivity contribution is 4.95. The first-order valence-electron chi connectivity index (χ1n) is 5.33. The van der Waals surface area contributed by atoms with Crippen LogP contribution in [-0.2, 0) is 18.9 Å². The summed E-state index contributed by atoms with van der Waals surface area (Å²) < 4.78 is 22.3. The van der Waals surface area contributed by atoms with Crippen LogP contribution in [0.4, 0.5) is 0 Å². The van der Waals surface area contributed by atoms with Gasteiger partial charge in [-0.1, -0.05) is 0 Å². The monoisotopic (exact) mass is 202 g/mol. The fourth-order valence-corrected chi connectivity index (χ4v) is 2.14. The van der Waals surface area contributed by atoms with Crippen molar-refractivity contribution in [2.24, 2.45) is 0 Å². The quantitative estimate of drug-likeness (QED) is 0.668. The van der Waals surface area contributed by atoms with E-state index in [1.807, 2.05) is 13.8 Å². The summed E-state index contributed by atoms with van der Waals surface area (Å²) in [6.45, 7) is 6.66. The van der Waals surface area contributed by atoms with Crippen LogP contribution in [0, 0.1) is 0 Å². The van der Waals surface area contributed by atoms with E-state index in [1.165, 1.54) is 0 Å². The van der Waals surface area contributed by atoms with Crippen LogP contribution in [0.5, 0.6) is 0 Å². The highest BCUT2D eigenvalue weighted by Gasteiger charge is 2.48. The minimum absolute atomic E-state index is 0.0755. The lowest BCUT2D eigenvalue weighted by molar-refractivity contribution is -0.0457. The molecule has 4 unspecified atom stereocenters. The maximum atomic E-state index is 5.63. The number of fused-ring (bicyclic) bond motifs is 1. The van der Waals surface area contributed by atoms with E-state index < -0.39 is 0 Å². The summed E-state index contributed by atoms with van der Waals surface area (Å²) in [7, 11) is 0. The molecule has 2 aliphatic heterocycles. The van der Waals surface area contributed by atoms with Gasteiger partial charge in [0.1, 0.15) is 24.4 Å². The van der Waals surface area contributed by atoms with Gasteiger partial charge in [-0.3, -0.25) is 0 Å². The standard InChI is InChI=1S/C10H18O4/c1-3-11-7-5-13-10-8(12-4-2)6-14-9(7)10/h7-10H,3-6H2,1-2H3. The predicted molar refractivity (Wildman–Crippen MR) is 50.3 cm³/mol. The minimum atomic E-state index is 0.0755. The average molecular weight is 202 g/mol. The smallest absolute Gasteiger partial charge is 0.115 e. The number of hydrogen-bond donors (Lipinski definition) is 0. The van der Waals surface area contributed by atoms with Crippen molar-refractivity contribution in [1.82, 2.24) is 0 Å². The Balaban J connectivity index is 1.90. The predicted octanol–water partition coefficient (Wildman–Crippen LogP) is 0.594. The molecule has 2 heterocycles. The van der Waals surface area contributed by atoms with E-state index in [4.69, 9.17) is 18.9 Å². The molecule has 2 fully saturated rings. The van der Waals surface area contributed by atoms with Gasteiger partial charge in [0.2, 0.25) is 0 Å². The molecule has 2 rings (SSSR count). The highest BCUT2D eigenvalue weighted by Crippen LogP contribution is 2.30. The molecule has 0 N–H and O–H groups in total. The Morgan fingerprint density at radius 2 is 1.36 bits per heavy atom. The normalized spacial score (nSPS) is 41.6. The molecule has 4 atom stereocenters. The molecule has 0 bridgehead atoms. The van der Waals surface area contributed by atoms with Crippen molar-refractivity contribution in [3.63, 3.8) is 0 Å². The summed E-state index contributed by atoms with van der Waals surface area (Å²) in [4.78, 5) is 0. The van der Waals surface area contributed by atoms with E-state index in [0.717, 1.165) is 0 Å². The van der Waals surface area contributed by atoms with Crippen LogP contribution in [-0.4, -0.2) is 50.8 Å². The van der Waals surface area contributed by atoms with Crippen molar-refractivity contribution >= 4 is 0 Å². The largest absolute Gasteiger partial charge is 0.373 e. The van der Waals surface area contributed by atoms with Gasteiger partial charge in [0.25, 0.3) is 0 Å². The average Bonchev–Trinajstić information content (AvgIpc) is 2.72. The van der Waals surface area contributed by atoms with E-state index in [0.29, 0.717) is 26.4 Å². The molecule has 0 aromatic carbocycles. The zero-order valence-corrected chi connectivity index (χ0v) is 8.77. The molecular formula is C10H18O4. The van der Waals surface area contributed by atoms with Crippen LogP contribution in [0.2, 0.25) is 0 Å². The maximum Gasteiger partial charge on any atom is 0.115 e. The molecular weight excluding hydrogens is 184 g/mol. The molecule has 4 nitrogen and oxygen atoms in total. The molecule has 82 valence electrons. The fourth-order valence-electron chi connectivity index (χ4n) is 2.14. The summed E-state index contributed by atoms with van der Waals surface area (Å²) in [6, 6.07) is 0. The Labute approximate surface area is 84.5 Å². The minimum Gasteiger partial charge on any atom is -0.373 e. The topological polar surface area (TPSA) is 36.9 Å². The van der Waals surface area contributed by atoms with Crippen molar-refractivity contribution in [3.8, 4) is 0 Å². The lowest BCUT2D eigenvalue weighted by atomic mass is 10.1. The molecule has 0 aromatic heterocycles. The molecule has 2 saturated heterocycles. The molecule has 14 heavy (non-hydrogen) atoms. The zero-order valence-electron chi connectivity index (χ0n) is 8.77. The number of ether oxygens (including phenoxy) is 4. The van der Waals surface area contributed by atoms with Gasteiger partial charge in [-0.15, -0.1) is 0 Å². The van der Waals surface area contributed by atoms with Crippen LogP contribution < -0.4 is 0 Å². The van der Waals surface area contributed by atoms with E-state index >= 15 is 0 Å². The maximum absolute atomic E-state index is 5.63. The molecule has 0 saturated carbocycles. The second kappa shape index (κ2) is 4.57. The van der Waals surface area contributed by atoms with Crippen molar-refractivity contribution in [2.75, 3.05) is 26.4 Å². The molecule has 4 heteroatoms. The second-order valence-electron chi connectivity index (χ2n) is 3.58. The fraction of sp³-hybridized carbons (Fsp3) is 1.00. The van der Waals surface area contributed by atoms with Gasteiger partial charge < -0.3 is 18.9 Å². The SMILES string of the molecule is CCOC1COC2C(OCC)COC12. The Hall–Kier alpha value is -0.160. The summed E-state index contributed by atoms with van der Waals surface area (Å²) in [5.74, 6) is 0. The van der Waals surface area contributed by atoms with Gasteiger partial charge >= 0.3 is 0 Å². The first-order valence-corrected chi connectivity index (χ1v) is 5.33. The molecule has 2 aliphatic rings. The van der Waals surface area contributed by atoms with Crippen molar-refractivity contribution in [2.45, 2.75) is 38.3 Å². The van der Waals surface area contributed by atoms with E-state index in [9.17, 15) is 0 Å². The van der Waals surface area contributed by atoms with Crippen LogP contribution in [0.1, 0.15) is 13.8 Å². The first kappa shape index (κ1) is 10.4. The summed E-state index contributed by atoms with van der Waals surface area (Å²) in [5.41, 5.74) is 0.